The summed E-state index contributed by atoms with van der Waals surface area (Å²) in [5.41, 5.74) is 10.9. The van der Waals surface area contributed by atoms with Gasteiger partial charge in [-0.15, -0.1) is 0 Å². The number of nitrogens with zero attached hydrogens (tertiary/aromatic N) is 3. The van der Waals surface area contributed by atoms with E-state index >= 15 is 0 Å². The molecule has 3 amide bonds. The highest BCUT2D eigenvalue weighted by Crippen LogP contribution is 2.17. The first-order valence-corrected chi connectivity index (χ1v) is 9.99. The van der Waals surface area contributed by atoms with Crippen molar-refractivity contribution >= 4 is 23.4 Å². The molecule has 0 aliphatic carbocycles. The molecule has 162 valence electrons. The summed E-state index contributed by atoms with van der Waals surface area (Å²) in [5.74, 6) is -1.05. The van der Waals surface area contributed by atoms with Crippen LogP contribution in [0.5, 0.6) is 0 Å². The average molecular weight is 422 g/mol. The van der Waals surface area contributed by atoms with Gasteiger partial charge < -0.3 is 16.4 Å². The molecule has 4 N–H and O–H groups in total. The maximum Gasteiger partial charge on any atom is 0.251 e. The van der Waals surface area contributed by atoms with Crippen LogP contribution >= 0.6 is 0 Å². The van der Waals surface area contributed by atoms with Gasteiger partial charge in [-0.25, -0.2) is 9.50 Å². The first-order chi connectivity index (χ1) is 14.7. The monoisotopic (exact) mass is 422 g/mol. The van der Waals surface area contributed by atoms with E-state index in [1.54, 1.807) is 24.3 Å². The predicted molar refractivity (Wildman–Crippen MR) is 115 cm³/mol. The third-order valence-corrected chi connectivity index (χ3v) is 5.02. The maximum atomic E-state index is 12.3. The summed E-state index contributed by atoms with van der Waals surface area (Å²) >= 11 is 0. The summed E-state index contributed by atoms with van der Waals surface area (Å²) in [6, 6.07) is 8.72. The van der Waals surface area contributed by atoms with E-state index in [2.05, 4.69) is 20.7 Å². The second kappa shape index (κ2) is 9.38. The molecule has 0 fully saturated rings. The number of primary amides is 1. The SMILES string of the molecule is Cc1cc2nc(C)c(CCC(=O)NCc3ccc(C(=O)NCC(N)=O)cc3)c(C)n2n1. The quantitative estimate of drug-likeness (QED) is 0.501. The number of hydrogen-bond donors (Lipinski definition) is 3. The first-order valence-electron chi connectivity index (χ1n) is 9.99. The van der Waals surface area contributed by atoms with E-state index in [0.717, 1.165) is 33.9 Å². The smallest absolute Gasteiger partial charge is 0.251 e. The number of nitrogens with one attached hydrogen (secondary N) is 2. The Morgan fingerprint density at radius 1 is 1.06 bits per heavy atom. The van der Waals surface area contributed by atoms with Crippen molar-refractivity contribution in [3.8, 4) is 0 Å². The summed E-state index contributed by atoms with van der Waals surface area (Å²) < 4.78 is 1.82. The van der Waals surface area contributed by atoms with Gasteiger partial charge in [-0.1, -0.05) is 12.1 Å². The molecule has 0 unspecified atom stereocenters. The van der Waals surface area contributed by atoms with Gasteiger partial charge in [-0.2, -0.15) is 5.10 Å². The van der Waals surface area contributed by atoms with Crippen molar-refractivity contribution in [3.05, 3.63) is 64.1 Å². The van der Waals surface area contributed by atoms with Crippen molar-refractivity contribution in [3.63, 3.8) is 0 Å². The molecule has 0 spiro atoms. The molecule has 0 aliphatic heterocycles. The number of aryl methyl sites for hydroxylation is 3. The Bertz CT molecular complexity index is 1130. The van der Waals surface area contributed by atoms with Crippen LogP contribution in [0.4, 0.5) is 0 Å². The van der Waals surface area contributed by atoms with Gasteiger partial charge in [0.1, 0.15) is 0 Å². The van der Waals surface area contributed by atoms with Crippen LogP contribution in [0.15, 0.2) is 30.3 Å². The largest absolute Gasteiger partial charge is 0.368 e. The summed E-state index contributed by atoms with van der Waals surface area (Å²) in [5, 5.41) is 9.78. The summed E-state index contributed by atoms with van der Waals surface area (Å²) in [7, 11) is 0. The van der Waals surface area contributed by atoms with Gasteiger partial charge >= 0.3 is 0 Å². The number of nitrogens with two attached hydrogens (primary N) is 1. The topological polar surface area (TPSA) is 131 Å². The highest BCUT2D eigenvalue weighted by atomic mass is 16.2. The molecule has 3 aromatic rings. The van der Waals surface area contributed by atoms with Crippen molar-refractivity contribution in [2.24, 2.45) is 5.73 Å². The molecular formula is C22H26N6O3. The Morgan fingerprint density at radius 3 is 2.45 bits per heavy atom. The fourth-order valence-electron chi connectivity index (χ4n) is 3.37. The van der Waals surface area contributed by atoms with E-state index in [0.29, 0.717) is 24.9 Å². The normalized spacial score (nSPS) is 10.8. The number of rotatable bonds is 8. The highest BCUT2D eigenvalue weighted by molar-refractivity contribution is 5.96. The Balaban J connectivity index is 1.53. The summed E-state index contributed by atoms with van der Waals surface area (Å²) in [6.07, 6.45) is 0.910. The molecule has 9 heteroatoms. The number of fused-ring (bicyclic) bond motifs is 1. The number of carbonyl (C=O) groups is 3. The van der Waals surface area contributed by atoms with E-state index in [-0.39, 0.29) is 18.4 Å². The van der Waals surface area contributed by atoms with Crippen LogP contribution in [0.25, 0.3) is 5.65 Å². The zero-order valence-electron chi connectivity index (χ0n) is 17.9. The van der Waals surface area contributed by atoms with Crippen LogP contribution in [0, 0.1) is 20.8 Å². The van der Waals surface area contributed by atoms with Crippen molar-refractivity contribution in [1.29, 1.82) is 0 Å². The Labute approximate surface area is 180 Å². The number of hydrogen-bond acceptors (Lipinski definition) is 5. The number of aromatic nitrogens is 3. The number of benzene rings is 1. The Kier molecular flexibility index (Phi) is 6.64. The standard InChI is InChI=1S/C22H26N6O3/c1-13-10-20-26-14(2)18(15(3)28(20)27-13)8-9-21(30)24-11-16-4-6-17(7-5-16)22(31)25-12-19(23)29/h4-7,10H,8-9,11-12H2,1-3H3,(H2,23,29)(H,24,30)(H,25,31). The lowest BCUT2D eigenvalue weighted by Gasteiger charge is -2.11. The van der Waals surface area contributed by atoms with Gasteiger partial charge in [0.25, 0.3) is 5.91 Å². The van der Waals surface area contributed by atoms with Gasteiger partial charge in [0.2, 0.25) is 11.8 Å². The van der Waals surface area contributed by atoms with Crippen LogP contribution in [-0.4, -0.2) is 38.9 Å². The lowest BCUT2D eigenvalue weighted by Crippen LogP contribution is -2.33. The molecule has 1 aromatic carbocycles. The lowest BCUT2D eigenvalue weighted by molar-refractivity contribution is -0.121. The van der Waals surface area contributed by atoms with Crippen molar-refractivity contribution in [2.45, 2.75) is 40.2 Å². The average Bonchev–Trinajstić information content (AvgIpc) is 3.11. The van der Waals surface area contributed by atoms with E-state index < -0.39 is 5.91 Å². The molecular weight excluding hydrogens is 396 g/mol. The van der Waals surface area contributed by atoms with Crippen LogP contribution in [0.3, 0.4) is 0 Å². The van der Waals surface area contributed by atoms with E-state index in [1.807, 2.05) is 31.4 Å². The Hall–Kier alpha value is -3.75. The number of carbonyl (C=O) groups excluding carboxylic acids is 3. The molecule has 3 rings (SSSR count). The third-order valence-electron chi connectivity index (χ3n) is 5.02. The molecule has 31 heavy (non-hydrogen) atoms. The van der Waals surface area contributed by atoms with Gasteiger partial charge in [0.15, 0.2) is 5.65 Å². The fraction of sp³-hybridized carbons (Fsp3) is 0.318. The van der Waals surface area contributed by atoms with Gasteiger partial charge in [0, 0.05) is 36.0 Å². The Morgan fingerprint density at radius 2 is 1.77 bits per heavy atom. The first kappa shape index (κ1) is 21.9. The van der Waals surface area contributed by atoms with Crippen molar-refractivity contribution in [2.75, 3.05) is 6.54 Å². The van der Waals surface area contributed by atoms with Gasteiger partial charge in [0.05, 0.1) is 12.2 Å². The minimum absolute atomic E-state index is 0.0705. The minimum atomic E-state index is -0.603. The van der Waals surface area contributed by atoms with Crippen LogP contribution in [0.2, 0.25) is 0 Å². The van der Waals surface area contributed by atoms with E-state index in [4.69, 9.17) is 5.73 Å². The predicted octanol–water partition coefficient (Wildman–Crippen LogP) is 1.12. The van der Waals surface area contributed by atoms with Gasteiger partial charge in [-0.05, 0) is 50.5 Å². The third kappa shape index (κ3) is 5.44. The number of amides is 3. The molecule has 0 saturated carbocycles. The van der Waals surface area contributed by atoms with Crippen molar-refractivity contribution in [1.82, 2.24) is 25.2 Å². The second-order valence-corrected chi connectivity index (χ2v) is 7.44. The summed E-state index contributed by atoms with van der Waals surface area (Å²) in [6.45, 7) is 6.01. The molecule has 0 saturated heterocycles. The van der Waals surface area contributed by atoms with Gasteiger partial charge in [-0.3, -0.25) is 14.4 Å². The van der Waals surface area contributed by atoms with Crippen LogP contribution in [0.1, 0.15) is 45.0 Å². The maximum absolute atomic E-state index is 12.3. The van der Waals surface area contributed by atoms with Crippen molar-refractivity contribution < 1.29 is 14.4 Å². The highest BCUT2D eigenvalue weighted by Gasteiger charge is 2.13. The summed E-state index contributed by atoms with van der Waals surface area (Å²) in [4.78, 5) is 39.5. The molecule has 2 aromatic heterocycles. The lowest BCUT2D eigenvalue weighted by atomic mass is 10.1. The molecule has 0 atom stereocenters. The van der Waals surface area contributed by atoms with Crippen LogP contribution in [-0.2, 0) is 22.6 Å². The second-order valence-electron chi connectivity index (χ2n) is 7.44. The van der Waals surface area contributed by atoms with Crippen LogP contribution < -0.4 is 16.4 Å². The molecule has 0 radical (unpaired) electrons. The van der Waals surface area contributed by atoms with E-state index in [1.165, 1.54) is 0 Å². The van der Waals surface area contributed by atoms with E-state index in [9.17, 15) is 14.4 Å². The minimum Gasteiger partial charge on any atom is -0.368 e. The molecule has 0 aliphatic rings. The molecule has 0 bridgehead atoms. The zero-order chi connectivity index (χ0) is 22.5. The fourth-order valence-corrected chi connectivity index (χ4v) is 3.37. The zero-order valence-corrected chi connectivity index (χ0v) is 17.9. The molecule has 9 nitrogen and oxygen atoms in total. The molecule has 2 heterocycles.